The molecule has 3 aromatic rings. The van der Waals surface area contributed by atoms with Gasteiger partial charge in [-0.05, 0) is 30.2 Å². The minimum Gasteiger partial charge on any atom is -0.296 e. The van der Waals surface area contributed by atoms with Crippen LogP contribution in [0.4, 0.5) is 0 Å². The van der Waals surface area contributed by atoms with Crippen LogP contribution in [0.1, 0.15) is 16.2 Å². The molecule has 0 radical (unpaired) electrons. The van der Waals surface area contributed by atoms with Crippen LogP contribution in [0.5, 0.6) is 0 Å². The topological polar surface area (TPSA) is 34.9 Å². The highest BCUT2D eigenvalue weighted by atomic mass is 16.1. The second-order valence-corrected chi connectivity index (χ2v) is 4.40. The number of hydrogen-bond donors (Lipinski definition) is 0. The van der Waals surface area contributed by atoms with Crippen molar-refractivity contribution >= 4 is 5.78 Å². The van der Waals surface area contributed by atoms with E-state index in [1.165, 1.54) is 0 Å². The molecule has 2 aromatic carbocycles. The zero-order valence-electron chi connectivity index (χ0n) is 11.2. The number of para-hydroxylation sites is 1. The zero-order valence-corrected chi connectivity index (χ0v) is 11.2. The van der Waals surface area contributed by atoms with E-state index >= 15 is 0 Å². The van der Waals surface area contributed by atoms with Gasteiger partial charge >= 0.3 is 0 Å². The Morgan fingerprint density at radius 2 is 1.62 bits per heavy atom. The third-order valence-electron chi connectivity index (χ3n) is 2.97. The monoisotopic (exact) mass is 272 g/mol. The summed E-state index contributed by atoms with van der Waals surface area (Å²) in [7, 11) is 0. The van der Waals surface area contributed by atoms with Crippen molar-refractivity contribution in [2.24, 2.45) is 0 Å². The van der Waals surface area contributed by atoms with E-state index < -0.39 is 0 Å². The third kappa shape index (κ3) is 2.90. The normalized spacial score (nSPS) is 9.71. The van der Waals surface area contributed by atoms with Crippen LogP contribution in [0.15, 0.2) is 73.1 Å². The van der Waals surface area contributed by atoms with Crippen molar-refractivity contribution in [3.63, 3.8) is 0 Å². The summed E-state index contributed by atoms with van der Waals surface area (Å²) in [5, 5.41) is 0. The van der Waals surface area contributed by atoms with E-state index in [0.717, 1.165) is 11.3 Å². The van der Waals surface area contributed by atoms with Crippen LogP contribution in [-0.4, -0.2) is 15.3 Å². The molecule has 0 unspecified atom stereocenters. The molecule has 0 N–H and O–H groups in total. The van der Waals surface area contributed by atoms with Crippen LogP contribution >= 0.6 is 0 Å². The summed E-state index contributed by atoms with van der Waals surface area (Å²) in [6.45, 7) is 0. The first-order valence-electron chi connectivity index (χ1n) is 6.55. The summed E-state index contributed by atoms with van der Waals surface area (Å²) >= 11 is 0. The van der Waals surface area contributed by atoms with Gasteiger partial charge in [-0.2, -0.15) is 0 Å². The minimum absolute atomic E-state index is 0.298. The molecular weight excluding hydrogens is 260 g/mol. The Morgan fingerprint density at radius 1 is 0.952 bits per heavy atom. The van der Waals surface area contributed by atoms with Gasteiger partial charge in [-0.25, -0.2) is 4.98 Å². The van der Waals surface area contributed by atoms with Gasteiger partial charge in [0.1, 0.15) is 0 Å². The Hall–Kier alpha value is -3.12. The molecule has 3 rings (SSSR count). The van der Waals surface area contributed by atoms with Crippen molar-refractivity contribution < 1.29 is 4.79 Å². The second kappa shape index (κ2) is 5.89. The van der Waals surface area contributed by atoms with Crippen molar-refractivity contribution in [2.45, 2.75) is 0 Å². The van der Waals surface area contributed by atoms with Crippen molar-refractivity contribution in [1.29, 1.82) is 0 Å². The number of benzene rings is 2. The lowest BCUT2D eigenvalue weighted by Gasteiger charge is -2.04. The lowest BCUT2D eigenvalue weighted by molar-refractivity contribution is 0.104. The zero-order chi connectivity index (χ0) is 14.5. The molecule has 0 atom stereocenters. The van der Waals surface area contributed by atoms with Gasteiger partial charge in [0.15, 0.2) is 5.82 Å². The molecule has 0 fully saturated rings. The Kier molecular flexibility index (Phi) is 3.62. The predicted molar refractivity (Wildman–Crippen MR) is 81.2 cm³/mol. The quantitative estimate of drug-likeness (QED) is 0.530. The van der Waals surface area contributed by atoms with E-state index in [1.54, 1.807) is 17.0 Å². The van der Waals surface area contributed by atoms with Gasteiger partial charge in [-0.3, -0.25) is 9.36 Å². The van der Waals surface area contributed by atoms with E-state index in [9.17, 15) is 4.79 Å². The van der Waals surface area contributed by atoms with Crippen molar-refractivity contribution in [3.8, 4) is 17.5 Å². The molecule has 0 aliphatic heterocycles. The van der Waals surface area contributed by atoms with Gasteiger partial charge < -0.3 is 0 Å². The molecule has 3 nitrogen and oxygen atoms in total. The average Bonchev–Trinajstić information content (AvgIpc) is 3.04. The number of carbonyl (C=O) groups is 1. The van der Waals surface area contributed by atoms with Gasteiger partial charge in [0.05, 0.1) is 0 Å². The van der Waals surface area contributed by atoms with E-state index in [2.05, 4.69) is 16.8 Å². The molecule has 0 spiro atoms. The number of Topliss-reactive ketones (excluding diaryl/α,β-unsaturated/α-hetero) is 1. The first-order chi connectivity index (χ1) is 10.3. The van der Waals surface area contributed by atoms with Crippen LogP contribution in [0.3, 0.4) is 0 Å². The van der Waals surface area contributed by atoms with Crippen molar-refractivity contribution in [2.75, 3.05) is 0 Å². The molecule has 0 saturated heterocycles. The Balaban J connectivity index is 1.91. The molecule has 21 heavy (non-hydrogen) atoms. The highest BCUT2D eigenvalue weighted by Crippen LogP contribution is 2.10. The fraction of sp³-hybridized carbons (Fsp3) is 0. The van der Waals surface area contributed by atoms with Crippen LogP contribution in [0.2, 0.25) is 0 Å². The molecule has 0 saturated carbocycles. The van der Waals surface area contributed by atoms with Gasteiger partial charge in [0, 0.05) is 23.6 Å². The van der Waals surface area contributed by atoms with E-state index in [4.69, 9.17) is 0 Å². The maximum absolute atomic E-state index is 12.2. The number of imidazole rings is 1. The number of carbonyl (C=O) groups excluding carboxylic acids is 1. The molecule has 0 bridgehead atoms. The SMILES string of the molecule is O=C(C#Cc1ccccc1)c1nccn1-c1ccccc1. The maximum atomic E-state index is 12.2. The van der Waals surface area contributed by atoms with Crippen molar-refractivity contribution in [1.82, 2.24) is 9.55 Å². The number of hydrogen-bond acceptors (Lipinski definition) is 2. The van der Waals surface area contributed by atoms with Gasteiger partial charge in [0.2, 0.25) is 0 Å². The van der Waals surface area contributed by atoms with Gasteiger partial charge in [0.25, 0.3) is 5.78 Å². The Morgan fingerprint density at radius 3 is 2.33 bits per heavy atom. The summed E-state index contributed by atoms with van der Waals surface area (Å²) in [6, 6.07) is 19.0. The maximum Gasteiger partial charge on any atom is 0.272 e. The molecular formula is C18H12N2O. The molecule has 3 heteroatoms. The highest BCUT2D eigenvalue weighted by Gasteiger charge is 2.11. The molecule has 0 aliphatic rings. The first-order valence-corrected chi connectivity index (χ1v) is 6.55. The lowest BCUT2D eigenvalue weighted by atomic mass is 10.2. The van der Waals surface area contributed by atoms with Crippen LogP contribution in [0, 0.1) is 11.8 Å². The predicted octanol–water partition coefficient (Wildman–Crippen LogP) is 3.11. The Bertz CT molecular complexity index is 808. The number of nitrogens with zero attached hydrogens (tertiary/aromatic N) is 2. The summed E-state index contributed by atoms with van der Waals surface area (Å²) in [5.74, 6) is 5.52. The highest BCUT2D eigenvalue weighted by molar-refractivity contribution is 6.07. The van der Waals surface area contributed by atoms with Crippen molar-refractivity contribution in [3.05, 3.63) is 84.4 Å². The van der Waals surface area contributed by atoms with E-state index in [-0.39, 0.29) is 5.78 Å². The smallest absolute Gasteiger partial charge is 0.272 e. The molecule has 0 aliphatic carbocycles. The Labute approximate surface area is 122 Å². The lowest BCUT2D eigenvalue weighted by Crippen LogP contribution is -2.06. The van der Waals surface area contributed by atoms with Crippen LogP contribution < -0.4 is 0 Å². The molecule has 100 valence electrons. The van der Waals surface area contributed by atoms with Gasteiger partial charge in [-0.15, -0.1) is 0 Å². The van der Waals surface area contributed by atoms with Gasteiger partial charge in [-0.1, -0.05) is 42.3 Å². The summed E-state index contributed by atoms with van der Waals surface area (Å²) < 4.78 is 1.74. The largest absolute Gasteiger partial charge is 0.296 e. The first kappa shape index (κ1) is 12.9. The second-order valence-electron chi connectivity index (χ2n) is 4.40. The average molecular weight is 272 g/mol. The standard InChI is InChI=1S/C18H12N2O/c21-17(12-11-15-7-3-1-4-8-15)18-19-13-14-20(18)16-9-5-2-6-10-16/h1-10,13-14H. The molecule has 1 aromatic heterocycles. The minimum atomic E-state index is -0.298. The molecule has 0 amide bonds. The van der Waals surface area contributed by atoms with E-state index in [1.807, 2.05) is 60.7 Å². The summed E-state index contributed by atoms with van der Waals surface area (Å²) in [6.07, 6.45) is 3.36. The number of aromatic nitrogens is 2. The third-order valence-corrected chi connectivity index (χ3v) is 2.97. The van der Waals surface area contributed by atoms with Crippen LogP contribution in [0.25, 0.3) is 5.69 Å². The van der Waals surface area contributed by atoms with Crippen LogP contribution in [-0.2, 0) is 0 Å². The summed E-state index contributed by atoms with van der Waals surface area (Å²) in [5.41, 5.74) is 1.70. The number of ketones is 1. The summed E-state index contributed by atoms with van der Waals surface area (Å²) in [4.78, 5) is 16.3. The number of rotatable bonds is 2. The molecule has 1 heterocycles. The van der Waals surface area contributed by atoms with E-state index in [0.29, 0.717) is 5.82 Å². The fourth-order valence-electron chi connectivity index (χ4n) is 1.97. The fourth-order valence-corrected chi connectivity index (χ4v) is 1.97.